The van der Waals surface area contributed by atoms with E-state index in [9.17, 15) is 4.79 Å². The molecule has 5 rings (SSSR count). The Balaban J connectivity index is 1.30. The fourth-order valence-corrected chi connectivity index (χ4v) is 5.21. The van der Waals surface area contributed by atoms with E-state index in [-0.39, 0.29) is 5.91 Å². The number of halogens is 1. The van der Waals surface area contributed by atoms with Crippen LogP contribution in [-0.2, 0) is 6.54 Å². The Labute approximate surface area is 226 Å². The first-order chi connectivity index (χ1) is 18.2. The van der Waals surface area contributed by atoms with E-state index < -0.39 is 0 Å². The third kappa shape index (κ3) is 6.68. The maximum absolute atomic E-state index is 12.8. The van der Waals surface area contributed by atoms with Crippen LogP contribution in [-0.4, -0.2) is 55.1 Å². The summed E-state index contributed by atoms with van der Waals surface area (Å²) in [5, 5.41) is 6.98. The molecule has 1 saturated heterocycles. The molecule has 37 heavy (non-hydrogen) atoms. The summed E-state index contributed by atoms with van der Waals surface area (Å²) < 4.78 is 5.98. The van der Waals surface area contributed by atoms with Crippen molar-refractivity contribution in [1.29, 1.82) is 0 Å². The van der Waals surface area contributed by atoms with E-state index in [1.807, 2.05) is 83.8 Å². The summed E-state index contributed by atoms with van der Waals surface area (Å²) in [5.41, 5.74) is 3.79. The second-order valence-corrected chi connectivity index (χ2v) is 10.1. The standard InChI is InChI=1S/C29H29ClN4O2S/c30-25-12-10-23(11-13-25)27-21-37-29(32-27)34(18-19-36-26-4-2-1-3-5-26)20-22-6-8-24(9-7-22)28(35)33-16-14-31-15-17-33/h1-13,21,31H,14-20H2. The minimum atomic E-state index is 0.0914. The van der Waals surface area contributed by atoms with Gasteiger partial charge in [-0.2, -0.15) is 0 Å². The van der Waals surface area contributed by atoms with Gasteiger partial charge in [-0.05, 0) is 42.0 Å². The first-order valence-electron chi connectivity index (χ1n) is 12.4. The summed E-state index contributed by atoms with van der Waals surface area (Å²) in [4.78, 5) is 21.9. The number of hydrogen-bond acceptors (Lipinski definition) is 6. The molecule has 1 aromatic heterocycles. The van der Waals surface area contributed by atoms with Crippen LogP contribution in [0.5, 0.6) is 5.75 Å². The van der Waals surface area contributed by atoms with Gasteiger partial charge in [-0.3, -0.25) is 4.79 Å². The van der Waals surface area contributed by atoms with Gasteiger partial charge >= 0.3 is 0 Å². The van der Waals surface area contributed by atoms with Crippen molar-refractivity contribution in [3.63, 3.8) is 0 Å². The van der Waals surface area contributed by atoms with Gasteiger partial charge in [0.2, 0.25) is 0 Å². The molecular weight excluding hydrogens is 504 g/mol. The molecule has 0 saturated carbocycles. The third-order valence-corrected chi connectivity index (χ3v) is 7.41. The maximum Gasteiger partial charge on any atom is 0.253 e. The van der Waals surface area contributed by atoms with Gasteiger partial charge in [0.15, 0.2) is 5.13 Å². The van der Waals surface area contributed by atoms with E-state index in [1.54, 1.807) is 11.3 Å². The van der Waals surface area contributed by atoms with Crippen molar-refractivity contribution in [1.82, 2.24) is 15.2 Å². The molecule has 0 atom stereocenters. The highest BCUT2D eigenvalue weighted by Gasteiger charge is 2.18. The van der Waals surface area contributed by atoms with E-state index >= 15 is 0 Å². The van der Waals surface area contributed by atoms with Crippen LogP contribution in [0.3, 0.4) is 0 Å². The number of carbonyl (C=O) groups excluding carboxylic acids is 1. The van der Waals surface area contributed by atoms with Crippen LogP contribution in [0.2, 0.25) is 5.02 Å². The van der Waals surface area contributed by atoms with Gasteiger partial charge < -0.3 is 19.9 Å². The molecule has 1 aliphatic heterocycles. The number of para-hydroxylation sites is 1. The molecule has 0 aliphatic carbocycles. The molecule has 4 aromatic rings. The number of thiazole rings is 1. The molecule has 1 fully saturated rings. The molecule has 1 amide bonds. The summed E-state index contributed by atoms with van der Waals surface area (Å²) in [6.07, 6.45) is 0. The van der Waals surface area contributed by atoms with E-state index in [0.29, 0.717) is 24.7 Å². The van der Waals surface area contributed by atoms with Crippen LogP contribution in [0.1, 0.15) is 15.9 Å². The Morgan fingerprint density at radius 2 is 1.73 bits per heavy atom. The minimum absolute atomic E-state index is 0.0914. The van der Waals surface area contributed by atoms with Crippen LogP contribution < -0.4 is 15.0 Å². The van der Waals surface area contributed by atoms with E-state index in [4.69, 9.17) is 21.3 Å². The number of nitrogens with zero attached hydrogens (tertiary/aromatic N) is 3. The summed E-state index contributed by atoms with van der Waals surface area (Å²) in [6, 6.07) is 25.5. The van der Waals surface area contributed by atoms with Gasteiger partial charge in [0.05, 0.1) is 12.2 Å². The van der Waals surface area contributed by atoms with Crippen molar-refractivity contribution in [2.24, 2.45) is 0 Å². The predicted molar refractivity (Wildman–Crippen MR) is 151 cm³/mol. The van der Waals surface area contributed by atoms with Gasteiger partial charge in [0.1, 0.15) is 12.4 Å². The molecule has 1 N–H and O–H groups in total. The lowest BCUT2D eigenvalue weighted by molar-refractivity contribution is 0.0736. The molecule has 0 unspecified atom stereocenters. The minimum Gasteiger partial charge on any atom is -0.492 e. The van der Waals surface area contributed by atoms with Crippen LogP contribution >= 0.6 is 22.9 Å². The van der Waals surface area contributed by atoms with Crippen molar-refractivity contribution in [3.05, 3.63) is 100 Å². The zero-order chi connectivity index (χ0) is 25.5. The van der Waals surface area contributed by atoms with Crippen LogP contribution in [0.25, 0.3) is 11.3 Å². The molecule has 0 spiro atoms. The lowest BCUT2D eigenvalue weighted by Crippen LogP contribution is -2.46. The number of carbonyl (C=O) groups is 1. The number of anilines is 1. The number of nitrogens with one attached hydrogen (secondary N) is 1. The third-order valence-electron chi connectivity index (χ3n) is 6.25. The predicted octanol–water partition coefficient (Wildman–Crippen LogP) is 5.59. The summed E-state index contributed by atoms with van der Waals surface area (Å²) >= 11 is 7.67. The Hall–Kier alpha value is -3.39. The molecule has 2 heterocycles. The summed E-state index contributed by atoms with van der Waals surface area (Å²) in [5.74, 6) is 0.938. The normalized spacial score (nSPS) is 13.4. The van der Waals surface area contributed by atoms with Gasteiger partial charge in [0.25, 0.3) is 5.91 Å². The quantitative estimate of drug-likeness (QED) is 0.304. The first-order valence-corrected chi connectivity index (χ1v) is 13.6. The van der Waals surface area contributed by atoms with Crippen LogP contribution in [0.15, 0.2) is 84.2 Å². The molecular formula is C29H29ClN4O2S. The Morgan fingerprint density at radius 3 is 2.46 bits per heavy atom. The topological polar surface area (TPSA) is 57.7 Å². The molecule has 0 bridgehead atoms. The zero-order valence-corrected chi connectivity index (χ0v) is 22.0. The van der Waals surface area contributed by atoms with Crippen LogP contribution in [0.4, 0.5) is 5.13 Å². The van der Waals surface area contributed by atoms with Crippen molar-refractivity contribution < 1.29 is 9.53 Å². The Morgan fingerprint density at radius 1 is 1.00 bits per heavy atom. The molecule has 0 radical (unpaired) electrons. The number of amides is 1. The zero-order valence-electron chi connectivity index (χ0n) is 20.5. The van der Waals surface area contributed by atoms with Gasteiger partial charge in [0, 0.05) is 54.3 Å². The van der Waals surface area contributed by atoms with E-state index in [1.165, 1.54) is 0 Å². The van der Waals surface area contributed by atoms with Crippen molar-refractivity contribution in [2.45, 2.75) is 6.54 Å². The number of ether oxygens (including phenoxy) is 1. The summed E-state index contributed by atoms with van der Waals surface area (Å²) in [7, 11) is 0. The van der Waals surface area contributed by atoms with Crippen LogP contribution in [0, 0.1) is 0 Å². The SMILES string of the molecule is O=C(c1ccc(CN(CCOc2ccccc2)c2nc(-c3ccc(Cl)cc3)cs2)cc1)N1CCNCC1. The van der Waals surface area contributed by atoms with Crippen molar-refractivity contribution in [3.8, 4) is 17.0 Å². The highest BCUT2D eigenvalue weighted by Crippen LogP contribution is 2.29. The molecule has 8 heteroatoms. The lowest BCUT2D eigenvalue weighted by atomic mass is 10.1. The fraction of sp³-hybridized carbons (Fsp3) is 0.241. The first kappa shape index (κ1) is 25.3. The average molecular weight is 533 g/mol. The number of hydrogen-bond donors (Lipinski definition) is 1. The van der Waals surface area contributed by atoms with Crippen molar-refractivity contribution in [2.75, 3.05) is 44.2 Å². The number of rotatable bonds is 9. The van der Waals surface area contributed by atoms with E-state index in [2.05, 4.69) is 15.6 Å². The fourth-order valence-electron chi connectivity index (χ4n) is 4.22. The second kappa shape index (κ2) is 12.2. The molecule has 190 valence electrons. The van der Waals surface area contributed by atoms with E-state index in [0.717, 1.165) is 59.4 Å². The Kier molecular flexibility index (Phi) is 8.35. The van der Waals surface area contributed by atoms with Gasteiger partial charge in [-0.25, -0.2) is 4.98 Å². The monoisotopic (exact) mass is 532 g/mol. The largest absolute Gasteiger partial charge is 0.492 e. The highest BCUT2D eigenvalue weighted by molar-refractivity contribution is 7.14. The lowest BCUT2D eigenvalue weighted by Gasteiger charge is -2.27. The smallest absolute Gasteiger partial charge is 0.253 e. The number of benzene rings is 3. The van der Waals surface area contributed by atoms with Gasteiger partial charge in [-0.1, -0.05) is 54.1 Å². The average Bonchev–Trinajstić information content (AvgIpc) is 3.44. The molecule has 3 aromatic carbocycles. The van der Waals surface area contributed by atoms with Gasteiger partial charge in [-0.15, -0.1) is 11.3 Å². The van der Waals surface area contributed by atoms with Crippen molar-refractivity contribution >= 4 is 34.0 Å². The molecule has 6 nitrogen and oxygen atoms in total. The number of piperazine rings is 1. The summed E-state index contributed by atoms with van der Waals surface area (Å²) in [6.45, 7) is 5.04. The molecule has 1 aliphatic rings. The number of aromatic nitrogens is 1. The maximum atomic E-state index is 12.8. The second-order valence-electron chi connectivity index (χ2n) is 8.84. The highest BCUT2D eigenvalue weighted by atomic mass is 35.5. The Bertz CT molecular complexity index is 1290.